The average molecular weight is 237 g/mol. The van der Waals surface area contributed by atoms with Crippen LogP contribution in [0.15, 0.2) is 17.1 Å². The summed E-state index contributed by atoms with van der Waals surface area (Å²) in [5.74, 6) is -0.251. The average Bonchev–Trinajstić information content (AvgIpc) is 2.28. The maximum atomic E-state index is 12.1. The van der Waals surface area contributed by atoms with Gasteiger partial charge in [0.25, 0.3) is 5.91 Å². The van der Waals surface area contributed by atoms with Crippen molar-refractivity contribution in [2.75, 3.05) is 19.6 Å². The number of aryl methyl sites for hydroxylation is 1. The maximum absolute atomic E-state index is 12.1. The summed E-state index contributed by atoms with van der Waals surface area (Å²) in [6, 6.07) is 1.43. The first kappa shape index (κ1) is 13.4. The van der Waals surface area contributed by atoms with Crippen LogP contribution in [0.2, 0.25) is 0 Å². The van der Waals surface area contributed by atoms with Crippen LogP contribution in [0.1, 0.15) is 29.4 Å². The zero-order valence-corrected chi connectivity index (χ0v) is 10.3. The van der Waals surface area contributed by atoms with Gasteiger partial charge >= 0.3 is 0 Å². The minimum atomic E-state index is -0.251. The number of amides is 1. The quantitative estimate of drug-likeness (QED) is 0.782. The van der Waals surface area contributed by atoms with Crippen molar-refractivity contribution in [3.8, 4) is 0 Å². The standard InChI is InChI=1S/C12H19N3O2/c1-3-5-15(6-4-13)12(17)10-8-14-9(2)7-11(10)16/h7-8H,3-6,13H2,1-2H3,(H,14,16). The zero-order chi connectivity index (χ0) is 12.8. The number of carbonyl (C=O) groups excluding carboxylic acids is 1. The highest BCUT2D eigenvalue weighted by atomic mass is 16.2. The van der Waals surface area contributed by atoms with Crippen LogP contribution in [-0.2, 0) is 0 Å². The monoisotopic (exact) mass is 237 g/mol. The number of aromatic amines is 1. The van der Waals surface area contributed by atoms with Crippen molar-refractivity contribution in [2.24, 2.45) is 5.73 Å². The fourth-order valence-electron chi connectivity index (χ4n) is 1.65. The van der Waals surface area contributed by atoms with Crippen LogP contribution in [0.5, 0.6) is 0 Å². The zero-order valence-electron chi connectivity index (χ0n) is 10.3. The van der Waals surface area contributed by atoms with Crippen molar-refractivity contribution in [3.05, 3.63) is 33.7 Å². The fraction of sp³-hybridized carbons (Fsp3) is 0.500. The Bertz CT molecular complexity index is 434. The molecule has 0 unspecified atom stereocenters. The SMILES string of the molecule is CCCN(CCN)C(=O)c1c[nH]c(C)cc1=O. The minimum Gasteiger partial charge on any atom is -0.364 e. The lowest BCUT2D eigenvalue weighted by molar-refractivity contribution is 0.0758. The molecule has 3 N–H and O–H groups in total. The third-order valence-electron chi connectivity index (χ3n) is 2.47. The predicted octanol–water partition coefficient (Wildman–Crippen LogP) is 0.494. The molecule has 5 nitrogen and oxygen atoms in total. The summed E-state index contributed by atoms with van der Waals surface area (Å²) in [6.07, 6.45) is 2.31. The Labute approximate surface area is 101 Å². The molecule has 0 aliphatic heterocycles. The van der Waals surface area contributed by atoms with E-state index in [1.807, 2.05) is 6.92 Å². The van der Waals surface area contributed by atoms with Gasteiger partial charge in [0.1, 0.15) is 5.56 Å². The Hall–Kier alpha value is -1.62. The van der Waals surface area contributed by atoms with Gasteiger partial charge in [-0.15, -0.1) is 0 Å². The van der Waals surface area contributed by atoms with E-state index in [0.29, 0.717) is 19.6 Å². The van der Waals surface area contributed by atoms with Crippen LogP contribution in [-0.4, -0.2) is 35.4 Å². The molecule has 0 radical (unpaired) electrons. The Morgan fingerprint density at radius 2 is 2.18 bits per heavy atom. The molecule has 0 bridgehead atoms. The van der Waals surface area contributed by atoms with Gasteiger partial charge < -0.3 is 15.6 Å². The van der Waals surface area contributed by atoms with Gasteiger partial charge in [-0.2, -0.15) is 0 Å². The summed E-state index contributed by atoms with van der Waals surface area (Å²) >= 11 is 0. The van der Waals surface area contributed by atoms with E-state index in [-0.39, 0.29) is 16.9 Å². The van der Waals surface area contributed by atoms with Crippen molar-refractivity contribution in [1.82, 2.24) is 9.88 Å². The van der Waals surface area contributed by atoms with Crippen molar-refractivity contribution in [2.45, 2.75) is 20.3 Å². The van der Waals surface area contributed by atoms with Crippen LogP contribution in [0, 0.1) is 6.92 Å². The van der Waals surface area contributed by atoms with Gasteiger partial charge in [0.15, 0.2) is 5.43 Å². The molecule has 0 fully saturated rings. The summed E-state index contributed by atoms with van der Waals surface area (Å²) in [6.45, 7) is 5.24. The molecule has 1 amide bonds. The largest absolute Gasteiger partial charge is 0.364 e. The Morgan fingerprint density at radius 1 is 1.47 bits per heavy atom. The molecule has 1 aromatic heterocycles. The molecule has 17 heavy (non-hydrogen) atoms. The first-order valence-corrected chi connectivity index (χ1v) is 5.78. The summed E-state index contributed by atoms with van der Waals surface area (Å²) in [4.78, 5) is 28.3. The topological polar surface area (TPSA) is 79.2 Å². The van der Waals surface area contributed by atoms with Gasteiger partial charge in [-0.3, -0.25) is 9.59 Å². The molecule has 1 heterocycles. The Balaban J connectivity index is 2.96. The van der Waals surface area contributed by atoms with Gasteiger partial charge in [0, 0.05) is 37.6 Å². The number of nitrogens with two attached hydrogens (primary N) is 1. The third-order valence-corrected chi connectivity index (χ3v) is 2.47. The van der Waals surface area contributed by atoms with Gasteiger partial charge in [-0.25, -0.2) is 0 Å². The van der Waals surface area contributed by atoms with Crippen LogP contribution >= 0.6 is 0 Å². The molecule has 0 aromatic carbocycles. The number of nitrogens with zero attached hydrogens (tertiary/aromatic N) is 1. The van der Waals surface area contributed by atoms with Gasteiger partial charge in [-0.1, -0.05) is 6.92 Å². The highest BCUT2D eigenvalue weighted by Gasteiger charge is 2.17. The molecule has 0 saturated heterocycles. The molecule has 0 aliphatic rings. The van der Waals surface area contributed by atoms with E-state index in [0.717, 1.165) is 12.1 Å². The molecule has 5 heteroatoms. The van der Waals surface area contributed by atoms with Crippen molar-refractivity contribution in [3.63, 3.8) is 0 Å². The first-order valence-electron chi connectivity index (χ1n) is 5.78. The van der Waals surface area contributed by atoms with E-state index in [4.69, 9.17) is 5.73 Å². The van der Waals surface area contributed by atoms with E-state index in [9.17, 15) is 9.59 Å². The number of hydrogen-bond acceptors (Lipinski definition) is 3. The molecular weight excluding hydrogens is 218 g/mol. The van der Waals surface area contributed by atoms with E-state index in [2.05, 4.69) is 4.98 Å². The van der Waals surface area contributed by atoms with Gasteiger partial charge in [-0.05, 0) is 13.3 Å². The van der Waals surface area contributed by atoms with E-state index in [1.165, 1.54) is 12.3 Å². The molecule has 94 valence electrons. The second kappa shape index (κ2) is 6.20. The molecule has 0 aliphatic carbocycles. The second-order valence-corrected chi connectivity index (χ2v) is 3.97. The van der Waals surface area contributed by atoms with Gasteiger partial charge in [0.05, 0.1) is 0 Å². The molecule has 0 atom stereocenters. The number of pyridine rings is 1. The highest BCUT2D eigenvalue weighted by molar-refractivity contribution is 5.93. The molecule has 0 saturated carbocycles. The van der Waals surface area contributed by atoms with Crippen molar-refractivity contribution < 1.29 is 4.79 Å². The first-order chi connectivity index (χ1) is 8.10. The lowest BCUT2D eigenvalue weighted by Gasteiger charge is -2.20. The number of hydrogen-bond donors (Lipinski definition) is 2. The summed E-state index contributed by atoms with van der Waals surface area (Å²) in [7, 11) is 0. The van der Waals surface area contributed by atoms with Crippen LogP contribution < -0.4 is 11.2 Å². The minimum absolute atomic E-state index is 0.178. The number of carbonyl (C=O) groups is 1. The highest BCUT2D eigenvalue weighted by Crippen LogP contribution is 2.01. The van der Waals surface area contributed by atoms with E-state index >= 15 is 0 Å². The maximum Gasteiger partial charge on any atom is 0.259 e. The smallest absolute Gasteiger partial charge is 0.259 e. The van der Waals surface area contributed by atoms with Crippen LogP contribution in [0.4, 0.5) is 0 Å². The normalized spacial score (nSPS) is 10.3. The molecule has 0 spiro atoms. The predicted molar refractivity (Wildman–Crippen MR) is 67.0 cm³/mol. The summed E-state index contributed by atoms with van der Waals surface area (Å²) in [5, 5.41) is 0. The Morgan fingerprint density at radius 3 is 2.71 bits per heavy atom. The summed E-state index contributed by atoms with van der Waals surface area (Å²) < 4.78 is 0. The summed E-state index contributed by atoms with van der Waals surface area (Å²) in [5.41, 5.74) is 6.13. The van der Waals surface area contributed by atoms with E-state index < -0.39 is 0 Å². The van der Waals surface area contributed by atoms with E-state index in [1.54, 1.807) is 11.8 Å². The van der Waals surface area contributed by atoms with Crippen LogP contribution in [0.25, 0.3) is 0 Å². The number of aromatic nitrogens is 1. The second-order valence-electron chi connectivity index (χ2n) is 3.97. The van der Waals surface area contributed by atoms with Crippen molar-refractivity contribution in [1.29, 1.82) is 0 Å². The molecule has 1 rings (SSSR count). The lowest BCUT2D eigenvalue weighted by atomic mass is 10.2. The van der Waals surface area contributed by atoms with Crippen molar-refractivity contribution >= 4 is 5.91 Å². The van der Waals surface area contributed by atoms with Crippen LogP contribution in [0.3, 0.4) is 0 Å². The Kier molecular flexibility index (Phi) is 4.90. The van der Waals surface area contributed by atoms with Gasteiger partial charge in [0.2, 0.25) is 0 Å². The number of rotatable bonds is 5. The number of nitrogens with one attached hydrogen (secondary N) is 1. The fourth-order valence-corrected chi connectivity index (χ4v) is 1.65. The molecular formula is C12H19N3O2. The molecule has 1 aromatic rings. The number of H-pyrrole nitrogens is 1. The lowest BCUT2D eigenvalue weighted by Crippen LogP contribution is -2.38. The third kappa shape index (κ3) is 3.42.